The lowest BCUT2D eigenvalue weighted by Gasteiger charge is -2.42. The lowest BCUT2D eigenvalue weighted by atomic mass is 10.0. The number of aromatic nitrogens is 1. The summed E-state index contributed by atoms with van der Waals surface area (Å²) < 4.78 is 24.7. The SMILES string of the molecule is COC[C@@H]1CN(C(=O)c2cc3c(C)cc(F)cc3[nH]2)CC(C)(C)O1. The Kier molecular flexibility index (Phi) is 4.36. The zero-order valence-electron chi connectivity index (χ0n) is 14.5. The van der Waals surface area contributed by atoms with Gasteiger partial charge in [0.05, 0.1) is 18.3 Å². The minimum Gasteiger partial charge on any atom is -0.382 e. The zero-order chi connectivity index (χ0) is 17.5. The molecule has 1 aromatic heterocycles. The first-order valence-electron chi connectivity index (χ1n) is 8.04. The van der Waals surface area contributed by atoms with Crippen LogP contribution >= 0.6 is 0 Å². The summed E-state index contributed by atoms with van der Waals surface area (Å²) >= 11 is 0. The van der Waals surface area contributed by atoms with Gasteiger partial charge in [0.2, 0.25) is 0 Å². The zero-order valence-corrected chi connectivity index (χ0v) is 14.5. The molecule has 0 unspecified atom stereocenters. The van der Waals surface area contributed by atoms with Crippen molar-refractivity contribution in [2.45, 2.75) is 32.5 Å². The van der Waals surface area contributed by atoms with Gasteiger partial charge in [-0.25, -0.2) is 4.39 Å². The molecule has 1 fully saturated rings. The molecule has 24 heavy (non-hydrogen) atoms. The molecule has 130 valence electrons. The van der Waals surface area contributed by atoms with Gasteiger partial charge in [-0.05, 0) is 44.5 Å². The lowest BCUT2D eigenvalue weighted by Crippen LogP contribution is -2.55. The number of carbonyl (C=O) groups excluding carboxylic acids is 1. The third-order valence-electron chi connectivity index (χ3n) is 4.26. The molecule has 5 nitrogen and oxygen atoms in total. The Morgan fingerprint density at radius 1 is 1.46 bits per heavy atom. The molecule has 0 aliphatic carbocycles. The highest BCUT2D eigenvalue weighted by Crippen LogP contribution is 2.25. The van der Waals surface area contributed by atoms with E-state index in [4.69, 9.17) is 9.47 Å². The summed E-state index contributed by atoms with van der Waals surface area (Å²) in [4.78, 5) is 17.7. The van der Waals surface area contributed by atoms with Crippen LogP contribution in [0.4, 0.5) is 4.39 Å². The van der Waals surface area contributed by atoms with Crippen LogP contribution < -0.4 is 0 Å². The van der Waals surface area contributed by atoms with E-state index in [9.17, 15) is 9.18 Å². The first-order valence-corrected chi connectivity index (χ1v) is 8.04. The smallest absolute Gasteiger partial charge is 0.270 e. The number of hydrogen-bond acceptors (Lipinski definition) is 3. The first kappa shape index (κ1) is 16.9. The van der Waals surface area contributed by atoms with Crippen LogP contribution in [0.2, 0.25) is 0 Å². The van der Waals surface area contributed by atoms with Crippen molar-refractivity contribution in [1.82, 2.24) is 9.88 Å². The molecule has 0 saturated carbocycles. The molecule has 2 heterocycles. The summed E-state index contributed by atoms with van der Waals surface area (Å²) in [6.45, 7) is 7.15. The Morgan fingerprint density at radius 3 is 2.92 bits per heavy atom. The van der Waals surface area contributed by atoms with Crippen molar-refractivity contribution < 1.29 is 18.7 Å². The number of aryl methyl sites for hydroxylation is 1. The van der Waals surface area contributed by atoms with E-state index in [0.29, 0.717) is 30.9 Å². The molecule has 1 amide bonds. The van der Waals surface area contributed by atoms with E-state index in [-0.39, 0.29) is 17.8 Å². The van der Waals surface area contributed by atoms with Crippen LogP contribution in [0.5, 0.6) is 0 Å². The third-order valence-corrected chi connectivity index (χ3v) is 4.26. The predicted octanol–water partition coefficient (Wildman–Crippen LogP) is 2.88. The van der Waals surface area contributed by atoms with E-state index in [2.05, 4.69) is 4.98 Å². The molecule has 0 bridgehead atoms. The molecule has 1 aliphatic heterocycles. The maximum Gasteiger partial charge on any atom is 0.270 e. The van der Waals surface area contributed by atoms with Crippen LogP contribution in [0.15, 0.2) is 18.2 Å². The minimum absolute atomic E-state index is 0.108. The second-order valence-corrected chi connectivity index (χ2v) is 7.01. The number of morpholine rings is 1. The van der Waals surface area contributed by atoms with Crippen LogP contribution in [0.3, 0.4) is 0 Å². The number of nitrogens with one attached hydrogen (secondary N) is 1. The van der Waals surface area contributed by atoms with Crippen LogP contribution in [0.25, 0.3) is 10.9 Å². The van der Waals surface area contributed by atoms with Gasteiger partial charge >= 0.3 is 0 Å². The summed E-state index contributed by atoms with van der Waals surface area (Å²) in [7, 11) is 1.62. The number of carbonyl (C=O) groups is 1. The van der Waals surface area contributed by atoms with Gasteiger partial charge in [-0.15, -0.1) is 0 Å². The van der Waals surface area contributed by atoms with E-state index in [1.54, 1.807) is 18.1 Å². The number of amides is 1. The number of aromatic amines is 1. The molecule has 3 rings (SSSR count). The molecule has 1 atom stereocenters. The normalized spacial score (nSPS) is 20.5. The number of ether oxygens (including phenoxy) is 2. The number of hydrogen-bond donors (Lipinski definition) is 1. The average molecular weight is 334 g/mol. The number of methoxy groups -OCH3 is 1. The summed E-state index contributed by atoms with van der Waals surface area (Å²) in [5, 5.41) is 0.862. The number of rotatable bonds is 3. The monoisotopic (exact) mass is 334 g/mol. The lowest BCUT2D eigenvalue weighted by molar-refractivity contribution is -0.143. The van der Waals surface area contributed by atoms with Gasteiger partial charge in [0.1, 0.15) is 11.5 Å². The van der Waals surface area contributed by atoms with Crippen LogP contribution in [-0.4, -0.2) is 54.3 Å². The van der Waals surface area contributed by atoms with Crippen molar-refractivity contribution in [3.05, 3.63) is 35.3 Å². The van der Waals surface area contributed by atoms with Gasteiger partial charge in [0, 0.05) is 31.1 Å². The van der Waals surface area contributed by atoms with Gasteiger partial charge in [-0.3, -0.25) is 4.79 Å². The van der Waals surface area contributed by atoms with Crippen molar-refractivity contribution in [2.75, 3.05) is 26.8 Å². The fraction of sp³-hybridized carbons (Fsp3) is 0.500. The number of nitrogens with zero attached hydrogens (tertiary/aromatic N) is 1. The Balaban J connectivity index is 1.89. The number of H-pyrrole nitrogens is 1. The Labute approximate surface area is 140 Å². The van der Waals surface area contributed by atoms with Crippen molar-refractivity contribution >= 4 is 16.8 Å². The topological polar surface area (TPSA) is 54.6 Å². The first-order chi connectivity index (χ1) is 11.3. The maximum absolute atomic E-state index is 13.6. The van der Waals surface area contributed by atoms with E-state index in [1.165, 1.54) is 12.1 Å². The van der Waals surface area contributed by atoms with Crippen LogP contribution in [-0.2, 0) is 9.47 Å². The number of halogens is 1. The quantitative estimate of drug-likeness (QED) is 0.939. The standard InChI is InChI=1S/C18H23FN2O3/c1-11-5-12(19)6-15-14(11)7-16(20-15)17(22)21-8-13(9-23-4)24-18(2,3)10-21/h5-7,13,20H,8-10H2,1-4H3/t13-/m0/s1. The average Bonchev–Trinajstić information content (AvgIpc) is 2.89. The van der Waals surface area contributed by atoms with Gasteiger partial charge in [0.15, 0.2) is 0 Å². The Bertz CT molecular complexity index is 769. The summed E-state index contributed by atoms with van der Waals surface area (Å²) in [5.74, 6) is -0.419. The van der Waals surface area contributed by atoms with Crippen molar-refractivity contribution in [2.24, 2.45) is 0 Å². The number of fused-ring (bicyclic) bond motifs is 1. The summed E-state index contributed by atoms with van der Waals surface area (Å²) in [6, 6.07) is 4.67. The van der Waals surface area contributed by atoms with Crippen molar-refractivity contribution in [3.63, 3.8) is 0 Å². The summed E-state index contributed by atoms with van der Waals surface area (Å²) in [6.07, 6.45) is -0.161. The molecule has 6 heteroatoms. The second-order valence-electron chi connectivity index (χ2n) is 7.01. The molecule has 1 aliphatic rings. The van der Waals surface area contributed by atoms with Gasteiger partial charge in [0.25, 0.3) is 5.91 Å². The second kappa shape index (κ2) is 6.18. The maximum atomic E-state index is 13.6. The van der Waals surface area contributed by atoms with E-state index < -0.39 is 5.60 Å². The molecule has 1 saturated heterocycles. The van der Waals surface area contributed by atoms with E-state index in [1.807, 2.05) is 20.8 Å². The fourth-order valence-electron chi connectivity index (χ4n) is 3.38. The molecule has 1 aromatic carbocycles. The third kappa shape index (κ3) is 3.30. The molecule has 0 radical (unpaired) electrons. The van der Waals surface area contributed by atoms with E-state index in [0.717, 1.165) is 10.9 Å². The molecule has 2 aromatic rings. The Morgan fingerprint density at radius 2 is 2.21 bits per heavy atom. The van der Waals surface area contributed by atoms with Crippen molar-refractivity contribution in [3.8, 4) is 0 Å². The highest BCUT2D eigenvalue weighted by Gasteiger charge is 2.36. The van der Waals surface area contributed by atoms with Gasteiger partial charge < -0.3 is 19.4 Å². The molecule has 1 N–H and O–H groups in total. The van der Waals surface area contributed by atoms with Crippen LogP contribution in [0, 0.1) is 12.7 Å². The highest BCUT2D eigenvalue weighted by atomic mass is 19.1. The van der Waals surface area contributed by atoms with Gasteiger partial charge in [-0.1, -0.05) is 0 Å². The van der Waals surface area contributed by atoms with Crippen LogP contribution in [0.1, 0.15) is 29.9 Å². The number of benzene rings is 1. The van der Waals surface area contributed by atoms with Gasteiger partial charge in [-0.2, -0.15) is 0 Å². The minimum atomic E-state index is -0.439. The Hall–Kier alpha value is -1.92. The summed E-state index contributed by atoms with van der Waals surface area (Å²) in [5.41, 5.74) is 1.47. The van der Waals surface area contributed by atoms with Crippen molar-refractivity contribution in [1.29, 1.82) is 0 Å². The highest BCUT2D eigenvalue weighted by molar-refractivity contribution is 5.99. The molecular weight excluding hydrogens is 311 g/mol. The molecular formula is C18H23FN2O3. The largest absolute Gasteiger partial charge is 0.382 e. The fourth-order valence-corrected chi connectivity index (χ4v) is 3.38. The van der Waals surface area contributed by atoms with E-state index >= 15 is 0 Å². The predicted molar refractivity (Wildman–Crippen MR) is 89.7 cm³/mol. The molecule has 0 spiro atoms.